The number of ether oxygens (including phenoxy) is 2. The van der Waals surface area contributed by atoms with E-state index in [-0.39, 0.29) is 37.0 Å². The van der Waals surface area contributed by atoms with Crippen molar-refractivity contribution in [3.63, 3.8) is 0 Å². The van der Waals surface area contributed by atoms with Gasteiger partial charge < -0.3 is 14.8 Å². The Labute approximate surface area is 152 Å². The molecule has 3 amide bonds. The highest BCUT2D eigenvalue weighted by Gasteiger charge is 2.44. The van der Waals surface area contributed by atoms with E-state index in [2.05, 4.69) is 5.32 Å². The van der Waals surface area contributed by atoms with Crippen molar-refractivity contribution in [3.8, 4) is 0 Å². The Morgan fingerprint density at radius 3 is 2.50 bits per heavy atom. The van der Waals surface area contributed by atoms with Crippen LogP contribution < -0.4 is 5.32 Å². The molecule has 2 heterocycles. The molecule has 0 spiro atoms. The van der Waals surface area contributed by atoms with Crippen molar-refractivity contribution in [2.75, 3.05) is 26.4 Å². The number of carbonyl (C=O) groups is 3. The Kier molecular flexibility index (Phi) is 5.38. The SMILES string of the molecule is CC(C)(COCC(=O)NCC1CCCO1)N1C(=O)c2ccccc2C1=O. The average Bonchev–Trinajstić information content (AvgIpc) is 3.21. The van der Waals surface area contributed by atoms with Crippen LogP contribution in [0.5, 0.6) is 0 Å². The van der Waals surface area contributed by atoms with Crippen molar-refractivity contribution < 1.29 is 23.9 Å². The van der Waals surface area contributed by atoms with Crippen molar-refractivity contribution in [1.82, 2.24) is 10.2 Å². The lowest BCUT2D eigenvalue weighted by Crippen LogP contribution is -2.51. The molecule has 1 aromatic rings. The summed E-state index contributed by atoms with van der Waals surface area (Å²) >= 11 is 0. The van der Waals surface area contributed by atoms with Gasteiger partial charge >= 0.3 is 0 Å². The normalized spacial score (nSPS) is 19.8. The van der Waals surface area contributed by atoms with E-state index < -0.39 is 5.54 Å². The number of rotatable bonds is 7. The average molecular weight is 360 g/mol. The van der Waals surface area contributed by atoms with E-state index >= 15 is 0 Å². The zero-order chi connectivity index (χ0) is 18.7. The van der Waals surface area contributed by atoms with Crippen LogP contribution in [0.4, 0.5) is 0 Å². The monoisotopic (exact) mass is 360 g/mol. The minimum absolute atomic E-state index is 0.0752. The van der Waals surface area contributed by atoms with Gasteiger partial charge in [0.05, 0.1) is 29.4 Å². The van der Waals surface area contributed by atoms with Crippen LogP contribution in [0.1, 0.15) is 47.4 Å². The number of hydrogen-bond donors (Lipinski definition) is 1. The van der Waals surface area contributed by atoms with Gasteiger partial charge in [-0.25, -0.2) is 0 Å². The first-order valence-corrected chi connectivity index (χ1v) is 8.84. The third-order valence-electron chi connectivity index (χ3n) is 4.64. The Balaban J connectivity index is 1.50. The number of hydrogen-bond acceptors (Lipinski definition) is 5. The van der Waals surface area contributed by atoms with Crippen LogP contribution in [-0.2, 0) is 14.3 Å². The molecule has 140 valence electrons. The predicted molar refractivity (Wildman–Crippen MR) is 93.8 cm³/mol. The summed E-state index contributed by atoms with van der Waals surface area (Å²) in [6.07, 6.45) is 2.05. The number of amides is 3. The van der Waals surface area contributed by atoms with Crippen LogP contribution in [-0.4, -0.2) is 60.6 Å². The lowest BCUT2D eigenvalue weighted by molar-refractivity contribution is -0.127. The predicted octanol–water partition coefficient (Wildman–Crippen LogP) is 1.37. The Bertz CT molecular complexity index is 675. The lowest BCUT2D eigenvalue weighted by atomic mass is 10.0. The van der Waals surface area contributed by atoms with Crippen molar-refractivity contribution >= 4 is 17.7 Å². The molecule has 0 bridgehead atoms. The molecule has 2 aliphatic heterocycles. The lowest BCUT2D eigenvalue weighted by Gasteiger charge is -2.33. The Morgan fingerprint density at radius 1 is 1.27 bits per heavy atom. The third-order valence-corrected chi connectivity index (χ3v) is 4.64. The topological polar surface area (TPSA) is 84.9 Å². The molecule has 1 saturated heterocycles. The molecule has 1 unspecified atom stereocenters. The molecule has 3 rings (SSSR count). The van der Waals surface area contributed by atoms with Crippen molar-refractivity contribution in [2.24, 2.45) is 0 Å². The summed E-state index contributed by atoms with van der Waals surface area (Å²) in [5.41, 5.74) is -0.0538. The van der Waals surface area contributed by atoms with Gasteiger partial charge in [-0.05, 0) is 38.8 Å². The van der Waals surface area contributed by atoms with Gasteiger partial charge in [0.15, 0.2) is 0 Å². The van der Waals surface area contributed by atoms with Crippen LogP contribution in [0, 0.1) is 0 Å². The van der Waals surface area contributed by atoms with E-state index in [4.69, 9.17) is 9.47 Å². The van der Waals surface area contributed by atoms with E-state index in [1.54, 1.807) is 38.1 Å². The molecule has 0 radical (unpaired) electrons. The Hall–Kier alpha value is -2.25. The fraction of sp³-hybridized carbons (Fsp3) is 0.526. The molecular formula is C19H24N2O5. The highest BCUT2D eigenvalue weighted by atomic mass is 16.5. The maximum atomic E-state index is 12.6. The Morgan fingerprint density at radius 2 is 1.92 bits per heavy atom. The van der Waals surface area contributed by atoms with Gasteiger partial charge in [-0.15, -0.1) is 0 Å². The largest absolute Gasteiger partial charge is 0.376 e. The molecule has 1 N–H and O–H groups in total. The number of carbonyl (C=O) groups excluding carboxylic acids is 3. The second kappa shape index (κ2) is 7.55. The molecule has 7 nitrogen and oxygen atoms in total. The summed E-state index contributed by atoms with van der Waals surface area (Å²) < 4.78 is 10.9. The van der Waals surface area contributed by atoms with E-state index in [9.17, 15) is 14.4 Å². The molecule has 0 aromatic heterocycles. The highest BCUT2D eigenvalue weighted by Crippen LogP contribution is 2.29. The molecule has 1 aromatic carbocycles. The maximum Gasteiger partial charge on any atom is 0.262 e. The standard InChI is InChI=1S/C19H24N2O5/c1-19(2,12-25-11-16(22)20-10-13-6-5-9-26-13)21-17(23)14-7-3-4-8-15(14)18(21)24/h3-4,7-8,13H,5-6,9-12H2,1-2H3,(H,20,22). The smallest absolute Gasteiger partial charge is 0.262 e. The van der Waals surface area contributed by atoms with Gasteiger partial charge in [0, 0.05) is 13.2 Å². The van der Waals surface area contributed by atoms with E-state index in [0.29, 0.717) is 17.7 Å². The first-order chi connectivity index (χ1) is 12.4. The summed E-state index contributed by atoms with van der Waals surface area (Å²) in [5.74, 6) is -0.900. The molecule has 7 heteroatoms. The minimum Gasteiger partial charge on any atom is -0.376 e. The third kappa shape index (κ3) is 3.78. The molecule has 0 saturated carbocycles. The van der Waals surface area contributed by atoms with Gasteiger partial charge in [-0.2, -0.15) is 0 Å². The summed E-state index contributed by atoms with van der Waals surface area (Å²) in [4.78, 5) is 38.2. The van der Waals surface area contributed by atoms with Crippen molar-refractivity contribution in [3.05, 3.63) is 35.4 Å². The number of nitrogens with zero attached hydrogens (tertiary/aromatic N) is 1. The fourth-order valence-electron chi connectivity index (χ4n) is 3.28. The van der Waals surface area contributed by atoms with Crippen LogP contribution in [0.2, 0.25) is 0 Å². The van der Waals surface area contributed by atoms with Gasteiger partial charge in [-0.3, -0.25) is 19.3 Å². The quantitative estimate of drug-likeness (QED) is 0.743. The zero-order valence-corrected chi connectivity index (χ0v) is 15.1. The number of imide groups is 1. The summed E-state index contributed by atoms with van der Waals surface area (Å²) in [6, 6.07) is 6.75. The van der Waals surface area contributed by atoms with E-state index in [1.165, 1.54) is 4.90 Å². The molecule has 2 aliphatic rings. The zero-order valence-electron chi connectivity index (χ0n) is 15.1. The summed E-state index contributed by atoms with van der Waals surface area (Å²) in [5, 5.41) is 2.78. The van der Waals surface area contributed by atoms with Crippen LogP contribution in [0.3, 0.4) is 0 Å². The van der Waals surface area contributed by atoms with Gasteiger partial charge in [0.2, 0.25) is 5.91 Å². The highest BCUT2D eigenvalue weighted by molar-refractivity contribution is 6.21. The minimum atomic E-state index is -0.859. The molecule has 26 heavy (non-hydrogen) atoms. The van der Waals surface area contributed by atoms with Crippen LogP contribution in [0.25, 0.3) is 0 Å². The van der Waals surface area contributed by atoms with Crippen molar-refractivity contribution in [2.45, 2.75) is 38.3 Å². The van der Waals surface area contributed by atoms with Crippen LogP contribution in [0.15, 0.2) is 24.3 Å². The molecule has 1 atom stereocenters. The molecule has 1 fully saturated rings. The van der Waals surface area contributed by atoms with Gasteiger partial charge in [0.25, 0.3) is 11.8 Å². The molecule has 0 aliphatic carbocycles. The fourth-order valence-corrected chi connectivity index (χ4v) is 3.28. The molecular weight excluding hydrogens is 336 g/mol. The second-order valence-corrected chi connectivity index (χ2v) is 7.24. The number of benzene rings is 1. The van der Waals surface area contributed by atoms with Gasteiger partial charge in [0.1, 0.15) is 6.61 Å². The van der Waals surface area contributed by atoms with E-state index in [0.717, 1.165) is 19.4 Å². The number of nitrogens with one attached hydrogen (secondary N) is 1. The number of fused-ring (bicyclic) bond motifs is 1. The van der Waals surface area contributed by atoms with Crippen molar-refractivity contribution in [1.29, 1.82) is 0 Å². The first-order valence-electron chi connectivity index (χ1n) is 8.84. The first kappa shape index (κ1) is 18.5. The van der Waals surface area contributed by atoms with Crippen LogP contribution >= 0.6 is 0 Å². The van der Waals surface area contributed by atoms with Gasteiger partial charge in [-0.1, -0.05) is 12.1 Å². The summed E-state index contributed by atoms with van der Waals surface area (Å²) in [7, 11) is 0. The van der Waals surface area contributed by atoms with E-state index in [1.807, 2.05) is 0 Å². The maximum absolute atomic E-state index is 12.6. The second-order valence-electron chi connectivity index (χ2n) is 7.24. The summed E-state index contributed by atoms with van der Waals surface area (Å²) in [6.45, 7) is 4.67.